The van der Waals surface area contributed by atoms with Gasteiger partial charge in [-0.25, -0.2) is 0 Å². The number of benzene rings is 2. The van der Waals surface area contributed by atoms with Crippen LogP contribution in [0, 0.1) is 0 Å². The lowest BCUT2D eigenvalue weighted by Crippen LogP contribution is -2.50. The molecule has 0 aromatic heterocycles. The van der Waals surface area contributed by atoms with Crippen LogP contribution >= 0.6 is 0 Å². The Hall–Kier alpha value is -2.53. The normalized spacial score (nSPS) is 14.9. The van der Waals surface area contributed by atoms with Crippen molar-refractivity contribution in [3.8, 4) is 11.5 Å². The molecule has 0 unspecified atom stereocenters. The highest BCUT2D eigenvalue weighted by Crippen LogP contribution is 2.14. The molecule has 1 aliphatic rings. The molecule has 0 saturated carbocycles. The van der Waals surface area contributed by atoms with E-state index in [0.717, 1.165) is 50.6 Å². The Labute approximate surface area is 155 Å². The molecule has 0 N–H and O–H groups in total. The minimum Gasteiger partial charge on any atom is -0.497 e. The van der Waals surface area contributed by atoms with Crippen LogP contribution in [-0.4, -0.2) is 62.1 Å². The third-order valence-corrected chi connectivity index (χ3v) is 4.68. The Balaban J connectivity index is 1.38. The molecule has 0 atom stereocenters. The molecule has 5 nitrogen and oxygen atoms in total. The summed E-state index contributed by atoms with van der Waals surface area (Å²) in [7, 11) is 1.69. The fraction of sp³-hybridized carbons (Fsp3) is 0.381. The number of rotatable bonds is 7. The number of carbonyl (C=O) groups is 1. The maximum absolute atomic E-state index is 12.3. The number of para-hydroxylation sites is 1. The van der Waals surface area contributed by atoms with Crippen molar-refractivity contribution >= 4 is 5.91 Å². The van der Waals surface area contributed by atoms with E-state index in [2.05, 4.69) is 17.0 Å². The number of carbonyl (C=O) groups excluding carboxylic acids is 1. The Bertz CT molecular complexity index is 697. The largest absolute Gasteiger partial charge is 0.497 e. The van der Waals surface area contributed by atoms with E-state index in [1.807, 2.05) is 47.4 Å². The third kappa shape index (κ3) is 5.23. The van der Waals surface area contributed by atoms with E-state index in [-0.39, 0.29) is 12.5 Å². The SMILES string of the molecule is COc1cccc(CCN2CCN(C(=O)COc3ccccc3)CC2)c1. The summed E-state index contributed by atoms with van der Waals surface area (Å²) in [5.74, 6) is 1.69. The molecule has 2 aromatic carbocycles. The number of nitrogens with zero attached hydrogens (tertiary/aromatic N) is 2. The summed E-state index contributed by atoms with van der Waals surface area (Å²) in [6.45, 7) is 4.43. The Morgan fingerprint density at radius 2 is 1.69 bits per heavy atom. The van der Waals surface area contributed by atoms with E-state index in [0.29, 0.717) is 0 Å². The predicted molar refractivity (Wildman–Crippen MR) is 102 cm³/mol. The number of methoxy groups -OCH3 is 1. The molecule has 3 rings (SSSR count). The maximum atomic E-state index is 12.3. The van der Waals surface area contributed by atoms with E-state index < -0.39 is 0 Å². The van der Waals surface area contributed by atoms with Gasteiger partial charge in [0.1, 0.15) is 11.5 Å². The average molecular weight is 354 g/mol. The molecule has 1 aliphatic heterocycles. The van der Waals surface area contributed by atoms with Crippen molar-refractivity contribution in [2.45, 2.75) is 6.42 Å². The lowest BCUT2D eigenvalue weighted by molar-refractivity contribution is -0.135. The monoisotopic (exact) mass is 354 g/mol. The van der Waals surface area contributed by atoms with Crippen LogP contribution in [0.1, 0.15) is 5.56 Å². The van der Waals surface area contributed by atoms with Gasteiger partial charge in [0, 0.05) is 32.7 Å². The molecule has 0 radical (unpaired) electrons. The molecule has 5 heteroatoms. The van der Waals surface area contributed by atoms with Gasteiger partial charge in [0.25, 0.3) is 5.91 Å². The minimum absolute atomic E-state index is 0.0568. The molecule has 0 bridgehead atoms. The molecular weight excluding hydrogens is 328 g/mol. The van der Waals surface area contributed by atoms with Gasteiger partial charge in [-0.1, -0.05) is 30.3 Å². The quantitative estimate of drug-likeness (QED) is 0.766. The summed E-state index contributed by atoms with van der Waals surface area (Å²) in [6, 6.07) is 17.7. The maximum Gasteiger partial charge on any atom is 0.260 e. The molecule has 26 heavy (non-hydrogen) atoms. The second kappa shape index (κ2) is 9.25. The summed E-state index contributed by atoms with van der Waals surface area (Å²) in [4.78, 5) is 16.6. The first-order valence-electron chi connectivity index (χ1n) is 9.05. The van der Waals surface area contributed by atoms with Gasteiger partial charge in [0.2, 0.25) is 0 Å². The third-order valence-electron chi connectivity index (χ3n) is 4.68. The lowest BCUT2D eigenvalue weighted by Gasteiger charge is -2.34. The molecule has 1 saturated heterocycles. The highest BCUT2D eigenvalue weighted by atomic mass is 16.5. The smallest absolute Gasteiger partial charge is 0.260 e. The number of piperazine rings is 1. The Kier molecular flexibility index (Phi) is 6.50. The van der Waals surface area contributed by atoms with Crippen LogP contribution in [0.3, 0.4) is 0 Å². The number of ether oxygens (including phenoxy) is 2. The molecule has 1 heterocycles. The first-order chi connectivity index (χ1) is 12.7. The van der Waals surface area contributed by atoms with Gasteiger partial charge in [-0.15, -0.1) is 0 Å². The van der Waals surface area contributed by atoms with Gasteiger partial charge in [-0.2, -0.15) is 0 Å². The number of hydrogen-bond donors (Lipinski definition) is 0. The van der Waals surface area contributed by atoms with E-state index in [4.69, 9.17) is 9.47 Å². The molecule has 0 spiro atoms. The van der Waals surface area contributed by atoms with E-state index in [1.54, 1.807) is 7.11 Å². The zero-order valence-corrected chi connectivity index (χ0v) is 15.3. The summed E-state index contributed by atoms with van der Waals surface area (Å²) in [6.07, 6.45) is 0.988. The van der Waals surface area contributed by atoms with Crippen LogP contribution in [0.2, 0.25) is 0 Å². The van der Waals surface area contributed by atoms with Crippen molar-refractivity contribution in [2.75, 3.05) is 46.4 Å². The molecule has 0 aliphatic carbocycles. The first kappa shape index (κ1) is 18.3. The molecule has 138 valence electrons. The van der Waals surface area contributed by atoms with Crippen molar-refractivity contribution in [1.82, 2.24) is 9.80 Å². The van der Waals surface area contributed by atoms with Crippen molar-refractivity contribution in [3.05, 3.63) is 60.2 Å². The van der Waals surface area contributed by atoms with Crippen molar-refractivity contribution in [3.63, 3.8) is 0 Å². The standard InChI is InChI=1S/C21H26N2O3/c1-25-20-9-5-6-18(16-20)10-11-22-12-14-23(15-13-22)21(24)17-26-19-7-3-2-4-8-19/h2-9,16H,10-15,17H2,1H3. The van der Waals surface area contributed by atoms with Crippen LogP contribution in [0.5, 0.6) is 11.5 Å². The Morgan fingerprint density at radius 3 is 2.42 bits per heavy atom. The molecule has 1 fully saturated rings. The van der Waals surface area contributed by atoms with Crippen LogP contribution in [0.4, 0.5) is 0 Å². The van der Waals surface area contributed by atoms with Gasteiger partial charge in [0.05, 0.1) is 7.11 Å². The van der Waals surface area contributed by atoms with E-state index in [9.17, 15) is 4.79 Å². The van der Waals surface area contributed by atoms with Gasteiger partial charge in [-0.05, 0) is 36.2 Å². The van der Waals surface area contributed by atoms with Crippen LogP contribution in [0.15, 0.2) is 54.6 Å². The molecule has 2 aromatic rings. The second-order valence-corrected chi connectivity index (χ2v) is 6.43. The molecular formula is C21H26N2O3. The van der Waals surface area contributed by atoms with Gasteiger partial charge in [-0.3, -0.25) is 9.69 Å². The fourth-order valence-electron chi connectivity index (χ4n) is 3.09. The van der Waals surface area contributed by atoms with Crippen LogP contribution in [0.25, 0.3) is 0 Å². The number of amides is 1. The summed E-state index contributed by atoms with van der Waals surface area (Å²) in [5.41, 5.74) is 1.28. The van der Waals surface area contributed by atoms with Crippen LogP contribution in [-0.2, 0) is 11.2 Å². The van der Waals surface area contributed by atoms with E-state index in [1.165, 1.54) is 5.56 Å². The first-order valence-corrected chi connectivity index (χ1v) is 9.05. The fourth-order valence-corrected chi connectivity index (χ4v) is 3.09. The lowest BCUT2D eigenvalue weighted by atomic mass is 10.1. The topological polar surface area (TPSA) is 42.0 Å². The average Bonchev–Trinajstić information content (AvgIpc) is 2.72. The molecule has 1 amide bonds. The highest BCUT2D eigenvalue weighted by Gasteiger charge is 2.21. The van der Waals surface area contributed by atoms with Gasteiger partial charge < -0.3 is 14.4 Å². The summed E-state index contributed by atoms with van der Waals surface area (Å²) < 4.78 is 10.8. The van der Waals surface area contributed by atoms with Crippen molar-refractivity contribution in [2.24, 2.45) is 0 Å². The van der Waals surface area contributed by atoms with E-state index >= 15 is 0 Å². The Morgan fingerprint density at radius 1 is 0.962 bits per heavy atom. The predicted octanol–water partition coefficient (Wildman–Crippen LogP) is 2.46. The summed E-state index contributed by atoms with van der Waals surface area (Å²) >= 11 is 0. The second-order valence-electron chi connectivity index (χ2n) is 6.43. The van der Waals surface area contributed by atoms with Gasteiger partial charge in [0.15, 0.2) is 6.61 Å². The van der Waals surface area contributed by atoms with Crippen LogP contribution < -0.4 is 9.47 Å². The zero-order valence-electron chi connectivity index (χ0n) is 15.3. The summed E-state index contributed by atoms with van der Waals surface area (Å²) in [5, 5.41) is 0. The van der Waals surface area contributed by atoms with Gasteiger partial charge >= 0.3 is 0 Å². The number of hydrogen-bond acceptors (Lipinski definition) is 4. The van der Waals surface area contributed by atoms with Crippen molar-refractivity contribution < 1.29 is 14.3 Å². The highest BCUT2D eigenvalue weighted by molar-refractivity contribution is 5.77. The zero-order chi connectivity index (χ0) is 18.2. The van der Waals surface area contributed by atoms with Crippen molar-refractivity contribution in [1.29, 1.82) is 0 Å². The minimum atomic E-state index is 0.0568.